The van der Waals surface area contributed by atoms with Gasteiger partial charge in [0, 0.05) is 0 Å². The van der Waals surface area contributed by atoms with Gasteiger partial charge in [-0.3, -0.25) is 0 Å². The van der Waals surface area contributed by atoms with Gasteiger partial charge in [-0.15, -0.1) is 0 Å². The first kappa shape index (κ1) is 16.3. The Morgan fingerprint density at radius 1 is 1.05 bits per heavy atom. The van der Waals surface area contributed by atoms with Crippen LogP contribution in [0.2, 0.25) is 0 Å². The van der Waals surface area contributed by atoms with Crippen molar-refractivity contribution in [2.24, 2.45) is 0 Å². The summed E-state index contributed by atoms with van der Waals surface area (Å²) in [6, 6.07) is 5.07. The number of ether oxygens (including phenoxy) is 3. The lowest BCUT2D eigenvalue weighted by Gasteiger charge is -2.11. The predicted octanol–water partition coefficient (Wildman–Crippen LogP) is 3.83. The highest BCUT2D eigenvalue weighted by atomic mass is 16.5. The molecule has 0 aliphatic carbocycles. The van der Waals surface area contributed by atoms with E-state index >= 15 is 0 Å². The molecule has 4 nitrogen and oxygen atoms in total. The van der Waals surface area contributed by atoms with Gasteiger partial charge >= 0.3 is 5.97 Å². The molecule has 0 aromatic heterocycles. The van der Waals surface area contributed by atoms with Crippen LogP contribution in [0.25, 0.3) is 0 Å². The maximum absolute atomic E-state index is 11.4. The summed E-state index contributed by atoms with van der Waals surface area (Å²) in [6.45, 7) is 2.86. The second-order valence-electron chi connectivity index (χ2n) is 4.62. The number of hydrogen-bond acceptors (Lipinski definition) is 4. The van der Waals surface area contributed by atoms with Gasteiger partial charge in [0.05, 0.1) is 26.4 Å². The third kappa shape index (κ3) is 5.11. The topological polar surface area (TPSA) is 44.8 Å². The Labute approximate surface area is 121 Å². The van der Waals surface area contributed by atoms with Gasteiger partial charge in [0.15, 0.2) is 11.5 Å². The molecule has 0 atom stereocenters. The number of methoxy groups -OCH3 is 2. The number of unbranched alkanes of at least 4 members (excludes halogenated alkanes) is 4. The van der Waals surface area contributed by atoms with Crippen LogP contribution in [0.3, 0.4) is 0 Å². The van der Waals surface area contributed by atoms with Crippen molar-refractivity contribution in [2.75, 3.05) is 20.8 Å². The molecule has 112 valence electrons. The number of hydrogen-bond donors (Lipinski definition) is 0. The zero-order valence-corrected chi connectivity index (χ0v) is 12.6. The van der Waals surface area contributed by atoms with Gasteiger partial charge in [-0.2, -0.15) is 0 Å². The molecule has 0 saturated carbocycles. The zero-order chi connectivity index (χ0) is 14.8. The smallest absolute Gasteiger partial charge is 0.337 e. The van der Waals surface area contributed by atoms with Gasteiger partial charge < -0.3 is 14.2 Å². The highest BCUT2D eigenvalue weighted by Crippen LogP contribution is 2.28. The van der Waals surface area contributed by atoms with Crippen molar-refractivity contribution in [3.8, 4) is 11.5 Å². The summed E-state index contributed by atoms with van der Waals surface area (Å²) in [5.74, 6) is 0.839. The van der Waals surface area contributed by atoms with Gasteiger partial charge in [-0.05, 0) is 24.6 Å². The average molecular weight is 280 g/mol. The zero-order valence-electron chi connectivity index (χ0n) is 12.6. The maximum Gasteiger partial charge on any atom is 0.337 e. The SMILES string of the molecule is CCCCCCCOc1ccc(C(=O)OC)cc1OC. The van der Waals surface area contributed by atoms with E-state index in [-0.39, 0.29) is 5.97 Å². The molecule has 1 aromatic rings. The van der Waals surface area contributed by atoms with Crippen molar-refractivity contribution >= 4 is 5.97 Å². The van der Waals surface area contributed by atoms with Crippen LogP contribution < -0.4 is 9.47 Å². The summed E-state index contributed by atoms with van der Waals surface area (Å²) in [5, 5.41) is 0. The molecule has 0 saturated heterocycles. The molecule has 0 N–H and O–H groups in total. The minimum atomic E-state index is -0.380. The molecule has 0 radical (unpaired) electrons. The van der Waals surface area contributed by atoms with E-state index in [2.05, 4.69) is 11.7 Å². The first-order chi connectivity index (χ1) is 9.72. The fourth-order valence-electron chi connectivity index (χ4n) is 1.92. The van der Waals surface area contributed by atoms with E-state index in [1.54, 1.807) is 25.3 Å². The Balaban J connectivity index is 2.51. The van der Waals surface area contributed by atoms with Crippen molar-refractivity contribution in [1.29, 1.82) is 0 Å². The lowest BCUT2D eigenvalue weighted by atomic mass is 10.1. The van der Waals surface area contributed by atoms with Crippen LogP contribution in [-0.2, 0) is 4.74 Å². The molecule has 0 bridgehead atoms. The lowest BCUT2D eigenvalue weighted by Crippen LogP contribution is -2.04. The highest BCUT2D eigenvalue weighted by Gasteiger charge is 2.11. The molecule has 0 heterocycles. The summed E-state index contributed by atoms with van der Waals surface area (Å²) in [7, 11) is 2.92. The number of carbonyl (C=O) groups excluding carboxylic acids is 1. The molecule has 4 heteroatoms. The lowest BCUT2D eigenvalue weighted by molar-refractivity contribution is 0.0600. The largest absolute Gasteiger partial charge is 0.493 e. The molecule has 0 aliphatic rings. The Hall–Kier alpha value is -1.71. The summed E-state index contributed by atoms with van der Waals surface area (Å²) in [5.41, 5.74) is 0.458. The van der Waals surface area contributed by atoms with Crippen LogP contribution in [0.15, 0.2) is 18.2 Å². The number of esters is 1. The van der Waals surface area contributed by atoms with Crippen LogP contribution in [0.4, 0.5) is 0 Å². The Morgan fingerprint density at radius 2 is 1.80 bits per heavy atom. The minimum Gasteiger partial charge on any atom is -0.493 e. The molecule has 1 aromatic carbocycles. The van der Waals surface area contributed by atoms with Gasteiger partial charge in [-0.25, -0.2) is 4.79 Å². The van der Waals surface area contributed by atoms with E-state index in [1.807, 2.05) is 0 Å². The molecular weight excluding hydrogens is 256 g/mol. The quantitative estimate of drug-likeness (QED) is 0.509. The normalized spacial score (nSPS) is 10.2. The Bertz CT molecular complexity index is 415. The molecule has 0 fully saturated rings. The third-order valence-electron chi connectivity index (χ3n) is 3.09. The molecule has 20 heavy (non-hydrogen) atoms. The van der Waals surface area contributed by atoms with E-state index < -0.39 is 0 Å². The summed E-state index contributed by atoms with van der Waals surface area (Å²) >= 11 is 0. The van der Waals surface area contributed by atoms with Gasteiger partial charge in [0.25, 0.3) is 0 Å². The predicted molar refractivity (Wildman–Crippen MR) is 78.6 cm³/mol. The standard InChI is InChI=1S/C16H24O4/c1-4-5-6-7-8-11-20-14-10-9-13(16(17)19-3)12-15(14)18-2/h9-10,12H,4-8,11H2,1-3H3. The summed E-state index contributed by atoms with van der Waals surface area (Å²) in [6.07, 6.45) is 5.97. The molecule has 0 spiro atoms. The van der Waals surface area contributed by atoms with E-state index in [1.165, 1.54) is 32.8 Å². The van der Waals surface area contributed by atoms with Crippen LogP contribution in [0.1, 0.15) is 49.4 Å². The average Bonchev–Trinajstić information content (AvgIpc) is 2.50. The molecule has 0 unspecified atom stereocenters. The number of benzene rings is 1. The number of rotatable bonds is 9. The first-order valence-corrected chi connectivity index (χ1v) is 7.12. The summed E-state index contributed by atoms with van der Waals surface area (Å²) < 4.78 is 15.6. The molecular formula is C16H24O4. The van der Waals surface area contributed by atoms with E-state index in [4.69, 9.17) is 9.47 Å². The van der Waals surface area contributed by atoms with E-state index in [9.17, 15) is 4.79 Å². The molecule has 0 amide bonds. The second-order valence-corrected chi connectivity index (χ2v) is 4.62. The van der Waals surface area contributed by atoms with Gasteiger partial charge in [0.1, 0.15) is 0 Å². The van der Waals surface area contributed by atoms with Crippen molar-refractivity contribution in [1.82, 2.24) is 0 Å². The monoisotopic (exact) mass is 280 g/mol. The Kier molecular flexibility index (Phi) is 7.55. The third-order valence-corrected chi connectivity index (χ3v) is 3.09. The van der Waals surface area contributed by atoms with Crippen LogP contribution in [0.5, 0.6) is 11.5 Å². The van der Waals surface area contributed by atoms with Crippen LogP contribution in [-0.4, -0.2) is 26.8 Å². The Morgan fingerprint density at radius 3 is 2.45 bits per heavy atom. The van der Waals surface area contributed by atoms with Crippen LogP contribution >= 0.6 is 0 Å². The molecule has 0 aliphatic heterocycles. The number of carbonyl (C=O) groups is 1. The van der Waals surface area contributed by atoms with E-state index in [0.717, 1.165) is 6.42 Å². The maximum atomic E-state index is 11.4. The van der Waals surface area contributed by atoms with Crippen molar-refractivity contribution in [2.45, 2.75) is 39.0 Å². The fraction of sp³-hybridized carbons (Fsp3) is 0.562. The van der Waals surface area contributed by atoms with Crippen molar-refractivity contribution in [3.05, 3.63) is 23.8 Å². The second kappa shape index (κ2) is 9.23. The van der Waals surface area contributed by atoms with Gasteiger partial charge in [0.2, 0.25) is 0 Å². The molecule has 1 rings (SSSR count). The van der Waals surface area contributed by atoms with Crippen molar-refractivity contribution < 1.29 is 19.0 Å². The van der Waals surface area contributed by atoms with Crippen molar-refractivity contribution in [3.63, 3.8) is 0 Å². The highest BCUT2D eigenvalue weighted by molar-refractivity contribution is 5.90. The van der Waals surface area contributed by atoms with E-state index in [0.29, 0.717) is 23.7 Å². The summed E-state index contributed by atoms with van der Waals surface area (Å²) in [4.78, 5) is 11.4. The first-order valence-electron chi connectivity index (χ1n) is 7.12. The van der Waals surface area contributed by atoms with Gasteiger partial charge in [-0.1, -0.05) is 32.6 Å². The van der Waals surface area contributed by atoms with Crippen LogP contribution in [0, 0.1) is 0 Å². The fourth-order valence-corrected chi connectivity index (χ4v) is 1.92. The minimum absolute atomic E-state index is 0.380.